The number of carbonyl (C=O) groups excluding carboxylic acids is 1. The maximum absolute atomic E-state index is 14.5. The number of halogens is 3. The van der Waals surface area contributed by atoms with Crippen LogP contribution in [0.5, 0.6) is 0 Å². The highest BCUT2D eigenvalue weighted by molar-refractivity contribution is 9.11. The molecular weight excluding hydrogens is 456 g/mol. The third-order valence-electron chi connectivity index (χ3n) is 4.31. The van der Waals surface area contributed by atoms with E-state index >= 15 is 0 Å². The fourth-order valence-corrected chi connectivity index (χ4v) is 4.26. The zero-order chi connectivity index (χ0) is 20.5. The molecule has 1 aromatic carbocycles. The molecular formula is C17H16BrF2N5O2S. The minimum Gasteiger partial charge on any atom is -0.381 e. The Balaban J connectivity index is 1.95. The van der Waals surface area contributed by atoms with Crippen molar-refractivity contribution in [3.63, 3.8) is 0 Å². The zero-order valence-corrected chi connectivity index (χ0v) is 17.3. The smallest absolute Gasteiger partial charge is 0.263 e. The number of nitrogens with zero attached hydrogens (tertiary/aromatic N) is 4. The number of hydrogen-bond donors (Lipinski definition) is 2. The molecule has 0 aliphatic heterocycles. The maximum atomic E-state index is 14.5. The van der Waals surface area contributed by atoms with Gasteiger partial charge in [-0.2, -0.15) is 5.10 Å². The Morgan fingerprint density at radius 3 is 2.79 bits per heavy atom. The molecule has 3 rings (SSSR count). The van der Waals surface area contributed by atoms with Crippen LogP contribution in [0.2, 0.25) is 0 Å². The van der Waals surface area contributed by atoms with Gasteiger partial charge >= 0.3 is 0 Å². The molecule has 0 aliphatic carbocycles. The van der Waals surface area contributed by atoms with Gasteiger partial charge in [0.1, 0.15) is 34.8 Å². The molecule has 2 N–H and O–H groups in total. The van der Waals surface area contributed by atoms with E-state index in [-0.39, 0.29) is 12.1 Å². The minimum atomic E-state index is -1.92. The standard InChI is InChI=1S/C17H16BrF2N5O2S/c1-9-14(28-16(18)23-9)15(26)24-10(2)17(27,6-25-8-21-7-22-25)12-4-3-11(19)5-13(12)20/h3-5,7-8,10,27H,6H2,1-2H3,(H,24,26)/t10-,17-/m1/s1. The van der Waals surface area contributed by atoms with E-state index in [2.05, 4.69) is 36.3 Å². The SMILES string of the molecule is Cc1nc(Br)sc1C(=O)N[C@H](C)[C@](O)(Cn1cncn1)c1ccc(F)cc1F. The Morgan fingerprint density at radius 1 is 1.46 bits per heavy atom. The molecule has 3 aromatic rings. The second-order valence-corrected chi connectivity index (χ2v) is 8.49. The normalized spacial score (nSPS) is 14.5. The Morgan fingerprint density at radius 2 is 2.21 bits per heavy atom. The fraction of sp³-hybridized carbons (Fsp3) is 0.294. The first-order chi connectivity index (χ1) is 13.2. The third kappa shape index (κ3) is 4.10. The quantitative estimate of drug-likeness (QED) is 0.576. The lowest BCUT2D eigenvalue weighted by molar-refractivity contribution is -0.0185. The fourth-order valence-electron chi connectivity index (χ4n) is 2.81. The van der Waals surface area contributed by atoms with Crippen molar-refractivity contribution in [2.45, 2.75) is 32.0 Å². The predicted octanol–water partition coefficient (Wildman–Crippen LogP) is 2.79. The molecule has 0 saturated heterocycles. The van der Waals surface area contributed by atoms with Gasteiger partial charge in [-0.25, -0.2) is 23.4 Å². The van der Waals surface area contributed by atoms with Crippen molar-refractivity contribution in [3.8, 4) is 0 Å². The Labute approximate surface area is 171 Å². The van der Waals surface area contributed by atoms with Gasteiger partial charge in [-0.1, -0.05) is 6.07 Å². The largest absolute Gasteiger partial charge is 0.381 e. The van der Waals surface area contributed by atoms with Crippen LogP contribution >= 0.6 is 27.3 Å². The number of nitrogens with one attached hydrogen (secondary N) is 1. The summed E-state index contributed by atoms with van der Waals surface area (Å²) in [7, 11) is 0. The van der Waals surface area contributed by atoms with Gasteiger partial charge in [0.25, 0.3) is 5.91 Å². The predicted molar refractivity (Wildman–Crippen MR) is 102 cm³/mol. The van der Waals surface area contributed by atoms with E-state index in [1.165, 1.54) is 24.3 Å². The van der Waals surface area contributed by atoms with Crippen molar-refractivity contribution in [2.24, 2.45) is 0 Å². The molecule has 7 nitrogen and oxygen atoms in total. The number of rotatable bonds is 6. The van der Waals surface area contributed by atoms with E-state index in [0.717, 1.165) is 23.5 Å². The monoisotopic (exact) mass is 471 g/mol. The lowest BCUT2D eigenvalue weighted by Crippen LogP contribution is -2.51. The lowest BCUT2D eigenvalue weighted by atomic mass is 9.86. The van der Waals surface area contributed by atoms with Crippen molar-refractivity contribution >= 4 is 33.2 Å². The van der Waals surface area contributed by atoms with E-state index < -0.39 is 29.2 Å². The van der Waals surface area contributed by atoms with Crippen LogP contribution in [0.1, 0.15) is 27.9 Å². The highest BCUT2D eigenvalue weighted by Crippen LogP contribution is 2.31. The first-order valence-electron chi connectivity index (χ1n) is 8.15. The summed E-state index contributed by atoms with van der Waals surface area (Å²) in [6.45, 7) is 3.01. The number of aryl methyl sites for hydroxylation is 1. The summed E-state index contributed by atoms with van der Waals surface area (Å²) >= 11 is 4.37. The van der Waals surface area contributed by atoms with Gasteiger partial charge in [-0.3, -0.25) is 4.79 Å². The maximum Gasteiger partial charge on any atom is 0.263 e. The zero-order valence-electron chi connectivity index (χ0n) is 14.9. The molecule has 2 heterocycles. The molecule has 0 spiro atoms. The second-order valence-electron chi connectivity index (χ2n) is 6.22. The molecule has 148 valence electrons. The molecule has 0 fully saturated rings. The van der Waals surface area contributed by atoms with E-state index in [1.807, 2.05) is 0 Å². The Hall–Kier alpha value is -2.24. The van der Waals surface area contributed by atoms with Crippen molar-refractivity contribution < 1.29 is 18.7 Å². The summed E-state index contributed by atoms with van der Waals surface area (Å²) in [5.74, 6) is -2.17. The molecule has 28 heavy (non-hydrogen) atoms. The van der Waals surface area contributed by atoms with Gasteiger partial charge < -0.3 is 10.4 Å². The van der Waals surface area contributed by atoms with Gasteiger partial charge in [-0.05, 0) is 35.8 Å². The van der Waals surface area contributed by atoms with Crippen molar-refractivity contribution in [2.75, 3.05) is 0 Å². The average molecular weight is 472 g/mol. The molecule has 0 aliphatic rings. The minimum absolute atomic E-state index is 0.167. The molecule has 0 saturated carbocycles. The molecule has 0 radical (unpaired) electrons. The van der Waals surface area contributed by atoms with E-state index in [9.17, 15) is 18.7 Å². The third-order valence-corrected chi connectivity index (χ3v) is 5.92. The number of benzene rings is 1. The molecule has 11 heteroatoms. The van der Waals surface area contributed by atoms with E-state index in [4.69, 9.17) is 0 Å². The number of aromatic nitrogens is 4. The number of hydrogen-bond acceptors (Lipinski definition) is 6. The van der Waals surface area contributed by atoms with Crippen LogP contribution in [-0.4, -0.2) is 36.8 Å². The molecule has 2 atom stereocenters. The molecule has 2 aromatic heterocycles. The summed E-state index contributed by atoms with van der Waals surface area (Å²) in [5.41, 5.74) is -1.56. The number of amides is 1. The number of aliphatic hydroxyl groups is 1. The topological polar surface area (TPSA) is 92.9 Å². The van der Waals surface area contributed by atoms with Crippen molar-refractivity contribution in [1.29, 1.82) is 0 Å². The van der Waals surface area contributed by atoms with Gasteiger partial charge in [0.05, 0.1) is 18.3 Å². The van der Waals surface area contributed by atoms with E-state index in [1.54, 1.807) is 6.92 Å². The van der Waals surface area contributed by atoms with Crippen LogP contribution in [0.15, 0.2) is 34.8 Å². The van der Waals surface area contributed by atoms with Crippen LogP contribution in [0.3, 0.4) is 0 Å². The first kappa shape index (κ1) is 20.5. The van der Waals surface area contributed by atoms with Crippen LogP contribution in [0.4, 0.5) is 8.78 Å². The second kappa shape index (κ2) is 8.02. The van der Waals surface area contributed by atoms with Gasteiger partial charge in [-0.15, -0.1) is 11.3 Å². The molecule has 0 unspecified atom stereocenters. The van der Waals surface area contributed by atoms with Crippen LogP contribution < -0.4 is 5.32 Å². The van der Waals surface area contributed by atoms with Crippen LogP contribution in [-0.2, 0) is 12.1 Å². The summed E-state index contributed by atoms with van der Waals surface area (Å²) in [4.78, 5) is 20.9. The summed E-state index contributed by atoms with van der Waals surface area (Å²) in [6, 6.07) is 1.92. The number of thiazole rings is 1. The Kier molecular flexibility index (Phi) is 5.87. The van der Waals surface area contributed by atoms with Crippen molar-refractivity contribution in [3.05, 3.63) is 62.5 Å². The first-order valence-corrected chi connectivity index (χ1v) is 9.75. The average Bonchev–Trinajstić information content (AvgIpc) is 3.23. The van der Waals surface area contributed by atoms with Gasteiger partial charge in [0.15, 0.2) is 3.92 Å². The van der Waals surface area contributed by atoms with Crippen LogP contribution in [0, 0.1) is 18.6 Å². The summed E-state index contributed by atoms with van der Waals surface area (Å²) in [6.07, 6.45) is 2.62. The lowest BCUT2D eigenvalue weighted by Gasteiger charge is -2.35. The van der Waals surface area contributed by atoms with Gasteiger partial charge in [0.2, 0.25) is 0 Å². The highest BCUT2D eigenvalue weighted by atomic mass is 79.9. The molecule has 1 amide bonds. The number of carbonyl (C=O) groups is 1. The molecule has 0 bridgehead atoms. The summed E-state index contributed by atoms with van der Waals surface area (Å²) in [5, 5.41) is 18.0. The summed E-state index contributed by atoms with van der Waals surface area (Å²) < 4.78 is 29.7. The Bertz CT molecular complexity index is 998. The van der Waals surface area contributed by atoms with E-state index in [0.29, 0.717) is 20.6 Å². The van der Waals surface area contributed by atoms with Gasteiger partial charge in [0, 0.05) is 11.6 Å². The van der Waals surface area contributed by atoms with Crippen molar-refractivity contribution in [1.82, 2.24) is 25.1 Å². The van der Waals surface area contributed by atoms with Crippen LogP contribution in [0.25, 0.3) is 0 Å². The highest BCUT2D eigenvalue weighted by Gasteiger charge is 2.40.